The van der Waals surface area contributed by atoms with Crippen LogP contribution in [0.15, 0.2) is 0 Å². The number of hydrogen-bond donors (Lipinski definition) is 4. The van der Waals surface area contributed by atoms with Crippen molar-refractivity contribution in [3.63, 3.8) is 0 Å². The van der Waals surface area contributed by atoms with Gasteiger partial charge < -0.3 is 20.6 Å². The topological polar surface area (TPSA) is 141 Å². The number of rotatable bonds is 11. The Labute approximate surface area is 128 Å². The van der Waals surface area contributed by atoms with Crippen LogP contribution in [0.2, 0.25) is 0 Å². The summed E-state index contributed by atoms with van der Waals surface area (Å²) in [7, 11) is 0. The second kappa shape index (κ2) is 9.75. The van der Waals surface area contributed by atoms with Gasteiger partial charge in [0.05, 0.1) is 5.92 Å². The molecule has 126 valence electrons. The lowest BCUT2D eigenvalue weighted by atomic mass is 9.88. The normalized spacial score (nSPS) is 14.6. The van der Waals surface area contributed by atoms with Crippen molar-refractivity contribution < 1.29 is 34.5 Å². The van der Waals surface area contributed by atoms with Crippen molar-refractivity contribution >= 4 is 23.8 Å². The highest BCUT2D eigenvalue weighted by atomic mass is 16.4. The molecular weight excluding hydrogens is 294 g/mol. The van der Waals surface area contributed by atoms with E-state index in [1.807, 2.05) is 6.92 Å². The van der Waals surface area contributed by atoms with Crippen molar-refractivity contribution in [1.82, 2.24) is 5.32 Å². The van der Waals surface area contributed by atoms with Gasteiger partial charge in [-0.25, -0.2) is 4.79 Å². The van der Waals surface area contributed by atoms with Gasteiger partial charge in [-0.05, 0) is 18.8 Å². The minimum Gasteiger partial charge on any atom is -0.481 e. The lowest BCUT2D eigenvalue weighted by Crippen LogP contribution is -2.41. The van der Waals surface area contributed by atoms with Crippen LogP contribution in [0.5, 0.6) is 0 Å². The van der Waals surface area contributed by atoms with Crippen molar-refractivity contribution in [3.05, 3.63) is 0 Å². The average molecular weight is 317 g/mol. The summed E-state index contributed by atoms with van der Waals surface area (Å²) in [6.45, 7) is 3.64. The zero-order valence-corrected chi connectivity index (χ0v) is 12.7. The van der Waals surface area contributed by atoms with Gasteiger partial charge in [-0.15, -0.1) is 0 Å². The van der Waals surface area contributed by atoms with Gasteiger partial charge in [-0.1, -0.05) is 20.3 Å². The zero-order chi connectivity index (χ0) is 17.3. The number of aliphatic carboxylic acids is 3. The molecule has 0 bridgehead atoms. The lowest BCUT2D eigenvalue weighted by molar-refractivity contribution is -0.145. The minimum atomic E-state index is -1.31. The first-order valence-corrected chi connectivity index (χ1v) is 7.15. The Bertz CT molecular complexity index is 421. The Hall–Kier alpha value is -2.12. The molecule has 3 atom stereocenters. The van der Waals surface area contributed by atoms with Gasteiger partial charge in [0.2, 0.25) is 5.91 Å². The molecule has 0 aliphatic carbocycles. The highest BCUT2D eigenvalue weighted by molar-refractivity contribution is 5.84. The Balaban J connectivity index is 4.47. The maximum absolute atomic E-state index is 11.7. The van der Waals surface area contributed by atoms with Crippen molar-refractivity contribution in [1.29, 1.82) is 0 Å². The van der Waals surface area contributed by atoms with Gasteiger partial charge in [-0.2, -0.15) is 0 Å². The molecule has 0 aliphatic heterocycles. The molecule has 0 rings (SSSR count). The van der Waals surface area contributed by atoms with Crippen molar-refractivity contribution in [2.45, 2.75) is 52.0 Å². The molecule has 0 heterocycles. The molecule has 1 unspecified atom stereocenters. The third kappa shape index (κ3) is 7.61. The molecule has 4 N–H and O–H groups in total. The summed E-state index contributed by atoms with van der Waals surface area (Å²) in [4.78, 5) is 44.2. The van der Waals surface area contributed by atoms with Gasteiger partial charge >= 0.3 is 17.9 Å². The Morgan fingerprint density at radius 3 is 1.95 bits per heavy atom. The monoisotopic (exact) mass is 317 g/mol. The van der Waals surface area contributed by atoms with Gasteiger partial charge in [0, 0.05) is 12.8 Å². The second-order valence-corrected chi connectivity index (χ2v) is 5.26. The first kappa shape index (κ1) is 19.9. The Morgan fingerprint density at radius 1 is 0.955 bits per heavy atom. The molecule has 0 saturated heterocycles. The van der Waals surface area contributed by atoms with E-state index in [0.717, 1.165) is 0 Å². The predicted octanol–water partition coefficient (Wildman–Crippen LogP) is 0.948. The largest absolute Gasteiger partial charge is 0.481 e. The van der Waals surface area contributed by atoms with E-state index in [1.54, 1.807) is 6.92 Å². The maximum atomic E-state index is 11.7. The van der Waals surface area contributed by atoms with Crippen LogP contribution in [0.4, 0.5) is 0 Å². The van der Waals surface area contributed by atoms with E-state index in [2.05, 4.69) is 5.32 Å². The van der Waals surface area contributed by atoms with Crippen LogP contribution >= 0.6 is 0 Å². The van der Waals surface area contributed by atoms with Crippen molar-refractivity contribution in [2.24, 2.45) is 11.8 Å². The standard InChI is InChI=1S/C14H23NO7/c1-3-8(2)9(13(19)20)4-6-11(16)15-10(14(21)22)5-7-12(17)18/h8-10H,3-7H2,1-2H3,(H,15,16)(H,17,18)(H,19,20)(H,21,22)/t8?,9-,10+/m0/s1. The summed E-state index contributed by atoms with van der Waals surface area (Å²) < 4.78 is 0. The van der Waals surface area contributed by atoms with Gasteiger partial charge in [-0.3, -0.25) is 14.4 Å². The van der Waals surface area contributed by atoms with Crippen LogP contribution in [-0.2, 0) is 19.2 Å². The van der Waals surface area contributed by atoms with E-state index in [0.29, 0.717) is 6.42 Å². The fourth-order valence-corrected chi connectivity index (χ4v) is 2.01. The SMILES string of the molecule is CCC(C)[C@H](CCC(=O)N[C@H](CCC(=O)O)C(=O)O)C(=O)O. The number of carbonyl (C=O) groups excluding carboxylic acids is 1. The van der Waals surface area contributed by atoms with E-state index in [4.69, 9.17) is 15.3 Å². The van der Waals surface area contributed by atoms with Crippen LogP contribution in [0.3, 0.4) is 0 Å². The molecule has 0 saturated carbocycles. The fourth-order valence-electron chi connectivity index (χ4n) is 2.01. The molecule has 0 spiro atoms. The summed E-state index contributed by atoms with van der Waals surface area (Å²) in [5.41, 5.74) is 0. The van der Waals surface area contributed by atoms with E-state index in [1.165, 1.54) is 0 Å². The summed E-state index contributed by atoms with van der Waals surface area (Å²) in [5, 5.41) is 28.8. The quantitative estimate of drug-likeness (QED) is 0.444. The first-order chi connectivity index (χ1) is 10.2. The Kier molecular flexibility index (Phi) is 8.81. The highest BCUT2D eigenvalue weighted by Gasteiger charge is 2.26. The van der Waals surface area contributed by atoms with Crippen LogP contribution in [0.25, 0.3) is 0 Å². The second-order valence-electron chi connectivity index (χ2n) is 5.26. The molecule has 1 amide bonds. The molecule has 0 aromatic heterocycles. The number of nitrogens with one attached hydrogen (secondary N) is 1. The molecule has 0 fully saturated rings. The number of carboxylic acids is 3. The van der Waals surface area contributed by atoms with Crippen molar-refractivity contribution in [3.8, 4) is 0 Å². The van der Waals surface area contributed by atoms with Crippen LogP contribution < -0.4 is 5.32 Å². The predicted molar refractivity (Wildman–Crippen MR) is 76.3 cm³/mol. The third-order valence-corrected chi connectivity index (χ3v) is 3.61. The molecule has 0 aromatic carbocycles. The van der Waals surface area contributed by atoms with Crippen LogP contribution in [-0.4, -0.2) is 45.2 Å². The fraction of sp³-hybridized carbons (Fsp3) is 0.714. The highest BCUT2D eigenvalue weighted by Crippen LogP contribution is 2.20. The molecule has 8 nitrogen and oxygen atoms in total. The van der Waals surface area contributed by atoms with Crippen molar-refractivity contribution in [2.75, 3.05) is 0 Å². The number of hydrogen-bond acceptors (Lipinski definition) is 4. The van der Waals surface area contributed by atoms with Gasteiger partial charge in [0.25, 0.3) is 0 Å². The number of amides is 1. The van der Waals surface area contributed by atoms with Gasteiger partial charge in [0.15, 0.2) is 0 Å². The van der Waals surface area contributed by atoms with E-state index < -0.39 is 35.8 Å². The molecule has 8 heteroatoms. The summed E-state index contributed by atoms with van der Waals surface area (Å²) in [6, 6.07) is -1.28. The lowest BCUT2D eigenvalue weighted by Gasteiger charge is -2.19. The van der Waals surface area contributed by atoms with E-state index >= 15 is 0 Å². The van der Waals surface area contributed by atoms with Gasteiger partial charge in [0.1, 0.15) is 6.04 Å². The van der Waals surface area contributed by atoms with E-state index in [9.17, 15) is 19.2 Å². The number of carbonyl (C=O) groups is 4. The van der Waals surface area contributed by atoms with Crippen LogP contribution in [0.1, 0.15) is 46.0 Å². The summed E-state index contributed by atoms with van der Waals surface area (Å²) >= 11 is 0. The zero-order valence-electron chi connectivity index (χ0n) is 12.7. The molecule has 0 aromatic rings. The minimum absolute atomic E-state index is 0.0902. The summed E-state index contributed by atoms with van der Waals surface area (Å²) in [5.74, 6) is -4.80. The first-order valence-electron chi connectivity index (χ1n) is 7.15. The third-order valence-electron chi connectivity index (χ3n) is 3.61. The Morgan fingerprint density at radius 2 is 1.55 bits per heavy atom. The van der Waals surface area contributed by atoms with E-state index in [-0.39, 0.29) is 31.6 Å². The average Bonchev–Trinajstić information content (AvgIpc) is 2.42. The smallest absolute Gasteiger partial charge is 0.326 e. The molecule has 0 aliphatic rings. The molecule has 22 heavy (non-hydrogen) atoms. The molecular formula is C14H23NO7. The summed E-state index contributed by atoms with van der Waals surface area (Å²) in [6.07, 6.45) is 0.0700. The maximum Gasteiger partial charge on any atom is 0.326 e. The van der Waals surface area contributed by atoms with Crippen LogP contribution in [0, 0.1) is 11.8 Å². The number of carboxylic acid groups (broad SMARTS) is 3. The molecule has 0 radical (unpaired) electrons.